The number of carbonyl (C=O) groups excluding carboxylic acids is 1. The second-order valence-electron chi connectivity index (χ2n) is 7.11. The summed E-state index contributed by atoms with van der Waals surface area (Å²) in [6, 6.07) is 12.4. The Morgan fingerprint density at radius 2 is 1.90 bits per heavy atom. The van der Waals surface area contributed by atoms with Crippen LogP contribution in [0.5, 0.6) is 0 Å². The van der Waals surface area contributed by atoms with Gasteiger partial charge in [-0.25, -0.2) is 9.36 Å². The van der Waals surface area contributed by atoms with E-state index < -0.39 is 6.04 Å². The van der Waals surface area contributed by atoms with E-state index >= 15 is 0 Å². The molecule has 1 aromatic carbocycles. The van der Waals surface area contributed by atoms with Crippen LogP contribution in [0.2, 0.25) is 0 Å². The summed E-state index contributed by atoms with van der Waals surface area (Å²) in [6.45, 7) is 5.84. The van der Waals surface area contributed by atoms with E-state index in [4.69, 9.17) is 4.42 Å². The summed E-state index contributed by atoms with van der Waals surface area (Å²) < 4.78 is 8.24. The minimum Gasteiger partial charge on any atom is -0.467 e. The molecule has 0 aliphatic carbocycles. The molecule has 30 heavy (non-hydrogen) atoms. The number of amides is 1. The fraction of sp³-hybridized carbons (Fsp3) is 0.273. The molecule has 0 unspecified atom stereocenters. The third-order valence-electron chi connectivity index (χ3n) is 5.15. The quantitative estimate of drug-likeness (QED) is 0.532. The smallest absolute Gasteiger partial charge is 0.295 e. The van der Waals surface area contributed by atoms with Crippen LogP contribution in [-0.4, -0.2) is 25.5 Å². The second-order valence-corrected chi connectivity index (χ2v) is 7.11. The summed E-state index contributed by atoms with van der Waals surface area (Å²) in [7, 11) is 0. The monoisotopic (exact) mass is 405 g/mol. The average Bonchev–Trinajstić information content (AvgIpc) is 3.39. The van der Waals surface area contributed by atoms with E-state index in [1.165, 1.54) is 4.68 Å². The predicted octanol–water partition coefficient (Wildman–Crippen LogP) is 3.06. The third-order valence-corrected chi connectivity index (χ3v) is 5.15. The van der Waals surface area contributed by atoms with Gasteiger partial charge >= 0.3 is 0 Å². The molecular weight excluding hydrogens is 382 g/mol. The molecule has 3 aromatic heterocycles. The highest BCUT2D eigenvalue weighted by atomic mass is 16.3. The summed E-state index contributed by atoms with van der Waals surface area (Å²) >= 11 is 0. The van der Waals surface area contributed by atoms with E-state index in [0.717, 1.165) is 11.4 Å². The van der Waals surface area contributed by atoms with Gasteiger partial charge in [-0.2, -0.15) is 10.2 Å². The summed E-state index contributed by atoms with van der Waals surface area (Å²) in [5, 5.41) is 12.6. The van der Waals surface area contributed by atoms with Crippen LogP contribution < -0.4 is 10.9 Å². The molecule has 1 amide bonds. The van der Waals surface area contributed by atoms with Crippen LogP contribution in [0.3, 0.4) is 0 Å². The highest BCUT2D eigenvalue weighted by Crippen LogP contribution is 2.22. The SMILES string of the molecule is CC[C@H](C(=O)NCc1ccco1)n1nc(C)c2c(C)n(-c3ccccc3)nc2c1=O. The molecule has 0 bridgehead atoms. The molecule has 3 heterocycles. The zero-order chi connectivity index (χ0) is 21.3. The molecule has 0 fully saturated rings. The van der Waals surface area contributed by atoms with Crippen LogP contribution in [-0.2, 0) is 11.3 Å². The van der Waals surface area contributed by atoms with Gasteiger partial charge in [0.05, 0.1) is 35.3 Å². The maximum absolute atomic E-state index is 13.2. The number of aromatic nitrogens is 4. The summed E-state index contributed by atoms with van der Waals surface area (Å²) in [5.41, 5.74) is 2.27. The van der Waals surface area contributed by atoms with Crippen molar-refractivity contribution >= 4 is 16.8 Å². The number of benzene rings is 1. The van der Waals surface area contributed by atoms with Crippen molar-refractivity contribution in [1.82, 2.24) is 24.9 Å². The van der Waals surface area contributed by atoms with Crippen molar-refractivity contribution in [3.05, 3.63) is 76.2 Å². The Bertz CT molecular complexity index is 1240. The van der Waals surface area contributed by atoms with Gasteiger partial charge in [-0.1, -0.05) is 25.1 Å². The third kappa shape index (κ3) is 3.41. The lowest BCUT2D eigenvalue weighted by Gasteiger charge is -2.17. The van der Waals surface area contributed by atoms with E-state index in [2.05, 4.69) is 15.5 Å². The number of rotatable bonds is 6. The van der Waals surface area contributed by atoms with Crippen molar-refractivity contribution in [2.75, 3.05) is 0 Å². The lowest BCUT2D eigenvalue weighted by molar-refractivity contribution is -0.125. The van der Waals surface area contributed by atoms with Crippen molar-refractivity contribution in [3.63, 3.8) is 0 Å². The van der Waals surface area contributed by atoms with E-state index in [1.807, 2.05) is 51.1 Å². The molecular formula is C22H23N5O3. The standard InChI is InChI=1S/C22H23N5O3/c1-4-18(21(28)23-13-17-11-8-12-30-17)27-22(29)20-19(14(2)24-27)15(3)26(25-20)16-9-6-5-7-10-16/h5-12,18H,4,13H2,1-3H3,(H,23,28)/t18-/m1/s1. The van der Waals surface area contributed by atoms with Gasteiger partial charge in [0, 0.05) is 0 Å². The van der Waals surface area contributed by atoms with Gasteiger partial charge in [0.25, 0.3) is 5.56 Å². The largest absolute Gasteiger partial charge is 0.467 e. The molecule has 0 aliphatic heterocycles. The summed E-state index contributed by atoms with van der Waals surface area (Å²) in [5.74, 6) is 0.351. The van der Waals surface area contributed by atoms with Gasteiger partial charge < -0.3 is 9.73 Å². The number of fused-ring (bicyclic) bond motifs is 1. The molecule has 4 aromatic rings. The van der Waals surface area contributed by atoms with Crippen LogP contribution >= 0.6 is 0 Å². The first-order chi connectivity index (χ1) is 14.5. The Labute approximate surface area is 173 Å². The molecule has 4 rings (SSSR count). The number of carbonyl (C=O) groups is 1. The Hall–Kier alpha value is -3.68. The number of furan rings is 1. The Morgan fingerprint density at radius 3 is 2.57 bits per heavy atom. The molecule has 8 heteroatoms. The molecule has 0 radical (unpaired) electrons. The van der Waals surface area contributed by atoms with E-state index in [0.29, 0.717) is 28.8 Å². The first-order valence-corrected chi connectivity index (χ1v) is 9.85. The first kappa shape index (κ1) is 19.6. The fourth-order valence-electron chi connectivity index (χ4n) is 3.66. The van der Waals surface area contributed by atoms with Gasteiger partial charge in [0.1, 0.15) is 11.8 Å². The van der Waals surface area contributed by atoms with Crippen molar-refractivity contribution < 1.29 is 9.21 Å². The molecule has 1 N–H and O–H groups in total. The molecule has 0 spiro atoms. The zero-order valence-electron chi connectivity index (χ0n) is 17.1. The predicted molar refractivity (Wildman–Crippen MR) is 112 cm³/mol. The van der Waals surface area contributed by atoms with Crippen LogP contribution in [0.1, 0.15) is 36.5 Å². The van der Waals surface area contributed by atoms with Crippen molar-refractivity contribution in [1.29, 1.82) is 0 Å². The van der Waals surface area contributed by atoms with Crippen molar-refractivity contribution in [2.24, 2.45) is 0 Å². The fourth-order valence-corrected chi connectivity index (χ4v) is 3.66. The Kier molecular flexibility index (Phi) is 5.22. The van der Waals surface area contributed by atoms with Gasteiger partial charge in [0.2, 0.25) is 5.91 Å². The number of hydrogen-bond donors (Lipinski definition) is 1. The zero-order valence-corrected chi connectivity index (χ0v) is 17.1. The average molecular weight is 405 g/mol. The van der Waals surface area contributed by atoms with E-state index in [-0.39, 0.29) is 18.0 Å². The van der Waals surface area contributed by atoms with Crippen molar-refractivity contribution in [2.45, 2.75) is 39.8 Å². The minimum absolute atomic E-state index is 0.250. The van der Waals surface area contributed by atoms with E-state index in [9.17, 15) is 9.59 Å². The number of nitrogens with one attached hydrogen (secondary N) is 1. The molecule has 1 atom stereocenters. The van der Waals surface area contributed by atoms with Gasteiger partial charge in [-0.3, -0.25) is 9.59 Å². The van der Waals surface area contributed by atoms with Gasteiger partial charge in [-0.15, -0.1) is 0 Å². The highest BCUT2D eigenvalue weighted by molar-refractivity contribution is 5.84. The lowest BCUT2D eigenvalue weighted by atomic mass is 10.2. The maximum Gasteiger partial charge on any atom is 0.295 e. The van der Waals surface area contributed by atoms with Crippen LogP contribution in [0.15, 0.2) is 57.9 Å². The molecule has 0 saturated heterocycles. The summed E-state index contributed by atoms with van der Waals surface area (Å²) in [6.07, 6.45) is 1.97. The minimum atomic E-state index is -0.738. The second kappa shape index (κ2) is 7.98. The molecule has 154 valence electrons. The molecule has 0 saturated carbocycles. The number of aryl methyl sites for hydroxylation is 2. The lowest BCUT2D eigenvalue weighted by Crippen LogP contribution is -2.38. The maximum atomic E-state index is 13.2. The van der Waals surface area contributed by atoms with Crippen LogP contribution in [0.25, 0.3) is 16.6 Å². The molecule has 8 nitrogen and oxygen atoms in total. The topological polar surface area (TPSA) is 95.0 Å². The Morgan fingerprint density at radius 1 is 1.13 bits per heavy atom. The van der Waals surface area contributed by atoms with Gasteiger partial charge in [0.15, 0.2) is 5.52 Å². The van der Waals surface area contributed by atoms with E-state index in [1.54, 1.807) is 23.1 Å². The number of hydrogen-bond acceptors (Lipinski definition) is 5. The van der Waals surface area contributed by atoms with Crippen LogP contribution in [0, 0.1) is 13.8 Å². The van der Waals surface area contributed by atoms with Crippen LogP contribution in [0.4, 0.5) is 0 Å². The summed E-state index contributed by atoms with van der Waals surface area (Å²) in [4.78, 5) is 26.0. The normalized spacial score (nSPS) is 12.2. The first-order valence-electron chi connectivity index (χ1n) is 9.85. The van der Waals surface area contributed by atoms with Crippen molar-refractivity contribution in [3.8, 4) is 5.69 Å². The highest BCUT2D eigenvalue weighted by Gasteiger charge is 2.25. The molecule has 0 aliphatic rings. The van der Waals surface area contributed by atoms with Gasteiger partial charge in [-0.05, 0) is 44.5 Å². The number of para-hydroxylation sites is 1. The number of nitrogens with zero attached hydrogens (tertiary/aromatic N) is 4. The Balaban J connectivity index is 1.74.